The summed E-state index contributed by atoms with van der Waals surface area (Å²) in [5.41, 5.74) is 3.91. The summed E-state index contributed by atoms with van der Waals surface area (Å²) < 4.78 is 8.93. The van der Waals surface area contributed by atoms with E-state index in [1.54, 1.807) is 35.3 Å². The van der Waals surface area contributed by atoms with Gasteiger partial charge in [-0.25, -0.2) is 19.6 Å². The smallest absolute Gasteiger partial charge is 0.330 e. The van der Waals surface area contributed by atoms with Crippen LogP contribution in [-0.2, 0) is 43.4 Å². The number of hydrogen-bond acceptors (Lipinski definition) is 9. The maximum absolute atomic E-state index is 13.6. The lowest BCUT2D eigenvalue weighted by molar-refractivity contribution is -0.163. The first-order valence-corrected chi connectivity index (χ1v) is 18.5. The number of carboxylic acids is 2. The zero-order chi connectivity index (χ0) is 39.5. The summed E-state index contributed by atoms with van der Waals surface area (Å²) in [6.07, 6.45) is 6.63. The largest absolute Gasteiger partial charge is 0.481 e. The number of aromatic nitrogens is 4. The molecule has 0 fully saturated rings. The molecule has 4 rings (SSSR count). The van der Waals surface area contributed by atoms with Gasteiger partial charge in [-0.2, -0.15) is 0 Å². The highest BCUT2D eigenvalue weighted by Gasteiger charge is 2.33. The van der Waals surface area contributed by atoms with Crippen LogP contribution in [0.15, 0.2) is 67.5 Å². The van der Waals surface area contributed by atoms with Crippen molar-refractivity contribution in [1.29, 1.82) is 0 Å². The van der Waals surface area contributed by atoms with Crippen LogP contribution < -0.4 is 10.6 Å². The van der Waals surface area contributed by atoms with E-state index in [0.717, 1.165) is 16.7 Å². The van der Waals surface area contributed by atoms with Crippen LogP contribution in [0, 0.1) is 18.8 Å². The van der Waals surface area contributed by atoms with Gasteiger partial charge in [-0.05, 0) is 60.9 Å². The molecule has 15 heteroatoms. The monoisotopic (exact) mass is 782 g/mol. The summed E-state index contributed by atoms with van der Waals surface area (Å²) in [4.78, 5) is 60.6. The molecule has 2 aromatic carbocycles. The van der Waals surface area contributed by atoms with E-state index in [1.165, 1.54) is 12.5 Å². The fourth-order valence-electron chi connectivity index (χ4n) is 6.13. The second-order valence-corrected chi connectivity index (χ2v) is 15.3. The normalized spacial score (nSPS) is 13.8. The molecule has 54 heavy (non-hydrogen) atoms. The maximum atomic E-state index is 13.6. The van der Waals surface area contributed by atoms with Crippen LogP contribution in [0.5, 0.6) is 0 Å². The van der Waals surface area contributed by atoms with Crippen LogP contribution >= 0.6 is 23.2 Å². The highest BCUT2D eigenvalue weighted by atomic mass is 35.5. The molecule has 0 amide bonds. The molecule has 2 aromatic heterocycles. The number of carbonyl (C=O) groups excluding carboxylic acids is 2. The molecule has 0 bridgehead atoms. The lowest BCUT2D eigenvalue weighted by Gasteiger charge is -2.25. The van der Waals surface area contributed by atoms with Crippen LogP contribution in [-0.4, -0.2) is 77.9 Å². The summed E-state index contributed by atoms with van der Waals surface area (Å²) in [7, 11) is 0. The van der Waals surface area contributed by atoms with Crippen molar-refractivity contribution in [2.75, 3.05) is 6.54 Å². The van der Waals surface area contributed by atoms with Gasteiger partial charge < -0.3 is 29.4 Å². The van der Waals surface area contributed by atoms with Gasteiger partial charge in [0, 0.05) is 54.2 Å². The van der Waals surface area contributed by atoms with Crippen LogP contribution in [0.3, 0.4) is 0 Å². The number of hydrogen-bond donors (Lipinski definition) is 4. The van der Waals surface area contributed by atoms with Gasteiger partial charge in [-0.3, -0.25) is 14.9 Å². The highest BCUT2D eigenvalue weighted by molar-refractivity contribution is 6.34. The number of halogens is 2. The molecule has 0 aliphatic heterocycles. The molecule has 2 heterocycles. The molecule has 0 aliphatic carbocycles. The van der Waals surface area contributed by atoms with Gasteiger partial charge in [0.25, 0.3) is 0 Å². The maximum Gasteiger partial charge on any atom is 0.330 e. The summed E-state index contributed by atoms with van der Waals surface area (Å²) in [5.74, 6) is -5.34. The first-order chi connectivity index (χ1) is 25.6. The van der Waals surface area contributed by atoms with Gasteiger partial charge in [-0.15, -0.1) is 0 Å². The zero-order valence-corrected chi connectivity index (χ0v) is 32.5. The lowest BCUT2D eigenvalue weighted by atomic mass is 10.0. The number of aliphatic carboxylic acids is 2. The van der Waals surface area contributed by atoms with Crippen LogP contribution in [0.25, 0.3) is 0 Å². The van der Waals surface area contributed by atoms with Gasteiger partial charge in [0.2, 0.25) is 0 Å². The molecule has 4 aromatic rings. The summed E-state index contributed by atoms with van der Waals surface area (Å²) in [6.45, 7) is 10.1. The predicted octanol–water partition coefficient (Wildman–Crippen LogP) is 5.73. The number of imidazole rings is 2. The second-order valence-electron chi connectivity index (χ2n) is 14.4. The van der Waals surface area contributed by atoms with Crippen LogP contribution in [0.4, 0.5) is 0 Å². The third-order valence-corrected chi connectivity index (χ3v) is 9.25. The quantitative estimate of drug-likeness (QED) is 0.0636. The number of carbonyl (C=O) groups is 4. The van der Waals surface area contributed by atoms with Gasteiger partial charge in [0.05, 0.1) is 18.3 Å². The number of nitrogens with one attached hydrogen (secondary N) is 2. The van der Waals surface area contributed by atoms with Crippen molar-refractivity contribution in [1.82, 2.24) is 29.7 Å². The van der Waals surface area contributed by atoms with E-state index in [9.17, 15) is 29.4 Å². The van der Waals surface area contributed by atoms with Crippen LogP contribution in [0.1, 0.15) is 74.5 Å². The topological polar surface area (TPSA) is 178 Å². The molecule has 0 saturated carbocycles. The van der Waals surface area contributed by atoms with Crippen LogP contribution in [0.2, 0.25) is 10.0 Å². The number of benzene rings is 2. The Morgan fingerprint density at radius 3 is 1.94 bits per heavy atom. The molecule has 4 N–H and O–H groups in total. The van der Waals surface area contributed by atoms with Crippen molar-refractivity contribution < 1.29 is 34.1 Å². The number of aryl methyl sites for hydroxylation is 1. The number of ether oxygens (including phenoxy) is 1. The average molecular weight is 784 g/mol. The minimum absolute atomic E-state index is 0.0199. The minimum Gasteiger partial charge on any atom is -0.481 e. The predicted molar refractivity (Wildman–Crippen MR) is 205 cm³/mol. The molecule has 290 valence electrons. The molecule has 4 unspecified atom stereocenters. The standard InChI is InChI=1S/C39H48Cl2N6O7/c1-23(2)10-33(44-17-31(36(48)49)35-18-43-22-47(35)20-27-12-28(40)14-29(41)13-27)38(52)54-39(53)34(11-24(3)4)45-32(37(50)51)15-30-16-42-21-46(30)19-26-8-6-25(5)7-9-26/h6-9,12-14,16,18,21-24,31-34,44-45H,10-11,15,17,19-20H2,1-5H3,(H,48,49)(H,50,51). The second kappa shape index (κ2) is 19.7. The third-order valence-electron chi connectivity index (χ3n) is 8.81. The van der Waals surface area contributed by atoms with Crippen molar-refractivity contribution in [3.63, 3.8) is 0 Å². The lowest BCUT2D eigenvalue weighted by Crippen LogP contribution is -2.51. The highest BCUT2D eigenvalue weighted by Crippen LogP contribution is 2.23. The van der Waals surface area contributed by atoms with Crippen molar-refractivity contribution in [3.8, 4) is 0 Å². The van der Waals surface area contributed by atoms with E-state index in [-0.39, 0.29) is 44.2 Å². The molecule has 0 radical (unpaired) electrons. The number of rotatable bonds is 20. The van der Waals surface area contributed by atoms with Crippen molar-refractivity contribution in [2.24, 2.45) is 11.8 Å². The Balaban J connectivity index is 1.46. The SMILES string of the molecule is Cc1ccc(Cn2cncc2CC(NC(CC(C)C)C(=O)OC(=O)C(CC(C)C)NCC(C(=O)O)c2cncn2Cc2cc(Cl)cc(Cl)c2)C(=O)O)cc1. The van der Waals surface area contributed by atoms with Gasteiger partial charge in [0.15, 0.2) is 0 Å². The Morgan fingerprint density at radius 2 is 1.33 bits per heavy atom. The van der Waals surface area contributed by atoms with Gasteiger partial charge >= 0.3 is 23.9 Å². The Kier molecular flexibility index (Phi) is 15.4. The number of nitrogens with zero attached hydrogens (tertiary/aromatic N) is 4. The zero-order valence-electron chi connectivity index (χ0n) is 31.0. The Bertz CT molecular complexity index is 1870. The minimum atomic E-state index is -1.20. The Hall–Kier alpha value is -4.56. The van der Waals surface area contributed by atoms with Crippen molar-refractivity contribution >= 4 is 47.1 Å². The number of esters is 2. The summed E-state index contributed by atoms with van der Waals surface area (Å²) >= 11 is 12.3. The molecule has 0 spiro atoms. The molecule has 0 aliphatic rings. The summed E-state index contributed by atoms with van der Waals surface area (Å²) in [6, 6.07) is 9.68. The molecule has 0 saturated heterocycles. The van der Waals surface area contributed by atoms with E-state index in [4.69, 9.17) is 27.9 Å². The fourth-order valence-corrected chi connectivity index (χ4v) is 6.70. The van der Waals surface area contributed by atoms with E-state index in [2.05, 4.69) is 20.6 Å². The third kappa shape index (κ3) is 12.5. The van der Waals surface area contributed by atoms with E-state index >= 15 is 0 Å². The fraction of sp³-hybridized carbons (Fsp3) is 0.436. The molecule has 13 nitrogen and oxygen atoms in total. The molecule has 4 atom stereocenters. The first-order valence-electron chi connectivity index (χ1n) is 17.8. The van der Waals surface area contributed by atoms with E-state index in [1.807, 2.05) is 63.5 Å². The van der Waals surface area contributed by atoms with Gasteiger partial charge in [0.1, 0.15) is 24.0 Å². The molecular weight excluding hydrogens is 735 g/mol. The molecular formula is C39H48Cl2N6O7. The average Bonchev–Trinajstić information content (AvgIpc) is 3.72. The Labute approximate surface area is 325 Å². The Morgan fingerprint density at radius 1 is 0.759 bits per heavy atom. The van der Waals surface area contributed by atoms with E-state index in [0.29, 0.717) is 28.0 Å². The first kappa shape index (κ1) is 42.2. The van der Waals surface area contributed by atoms with Crippen molar-refractivity contribution in [2.45, 2.75) is 91.0 Å². The van der Waals surface area contributed by atoms with E-state index < -0.39 is 47.9 Å². The summed E-state index contributed by atoms with van der Waals surface area (Å²) in [5, 5.41) is 27.2. The van der Waals surface area contributed by atoms with Crippen molar-refractivity contribution in [3.05, 3.63) is 106 Å². The van der Waals surface area contributed by atoms with Gasteiger partial charge in [-0.1, -0.05) is 80.7 Å². The number of carboxylic acid groups (broad SMARTS) is 2.